The predicted octanol–water partition coefficient (Wildman–Crippen LogP) is 6.64. The summed E-state index contributed by atoms with van der Waals surface area (Å²) < 4.78 is 15.1. The van der Waals surface area contributed by atoms with Gasteiger partial charge in [-0.25, -0.2) is 0 Å². The molecule has 4 heteroatoms. The van der Waals surface area contributed by atoms with Crippen LogP contribution in [0.4, 0.5) is 0 Å². The average molecular weight is 478 g/mol. The van der Waals surface area contributed by atoms with Crippen LogP contribution < -0.4 is 10.6 Å². The second-order valence-electron chi connectivity index (χ2n) is 8.80. The van der Waals surface area contributed by atoms with E-state index in [0.29, 0.717) is 12.8 Å². The van der Waals surface area contributed by atoms with Crippen LogP contribution in [-0.4, -0.2) is 10.8 Å². The summed E-state index contributed by atoms with van der Waals surface area (Å²) in [6.45, 7) is 1.96. The molecule has 0 radical (unpaired) electrons. The van der Waals surface area contributed by atoms with E-state index < -0.39 is 7.14 Å². The van der Waals surface area contributed by atoms with Crippen molar-refractivity contribution in [2.45, 2.75) is 25.8 Å². The number of nitrogens with zero attached hydrogens (tertiary/aromatic N) is 1. The van der Waals surface area contributed by atoms with Crippen LogP contribution in [0.3, 0.4) is 0 Å². The molecule has 0 fully saturated rings. The highest BCUT2D eigenvalue weighted by Gasteiger charge is 2.40. The zero-order chi connectivity index (χ0) is 24.3. The molecule has 1 amide bonds. The highest BCUT2D eigenvalue weighted by atomic mass is 31.2. The van der Waals surface area contributed by atoms with Gasteiger partial charge in [-0.3, -0.25) is 4.79 Å². The van der Waals surface area contributed by atoms with Crippen molar-refractivity contribution in [1.82, 2.24) is 4.90 Å². The summed E-state index contributed by atoms with van der Waals surface area (Å²) in [4.78, 5) is 15.4. The molecule has 0 aliphatic carbocycles. The van der Waals surface area contributed by atoms with Gasteiger partial charge in [0.15, 0.2) is 7.14 Å². The van der Waals surface area contributed by atoms with E-state index in [9.17, 15) is 4.79 Å². The van der Waals surface area contributed by atoms with Gasteiger partial charge in [-0.2, -0.15) is 0 Å². The minimum atomic E-state index is -3.16. The minimum Gasteiger partial charge on any atom is -0.309 e. The Kier molecular flexibility index (Phi) is 6.53. The summed E-state index contributed by atoms with van der Waals surface area (Å²) in [6.07, 6.45) is 0.811. The highest BCUT2D eigenvalue weighted by molar-refractivity contribution is 7.82. The van der Waals surface area contributed by atoms with Gasteiger partial charge >= 0.3 is 0 Å². The number of hydrogen-bond acceptors (Lipinski definition) is 2. The SMILES string of the molecule is CC1=C(P(=O)(c2ccccc2)c2ccccc2)CCC(=O)N1C(c1ccccc1)c1ccccc1. The molecular weight excluding hydrogens is 449 g/mol. The van der Waals surface area contributed by atoms with Gasteiger partial charge in [0.1, 0.15) is 0 Å². The standard InChI is InChI=1S/C31H28NO2P/c1-24-29(35(34,27-18-10-4-11-19-27)28-20-12-5-13-21-28)22-23-30(33)32(24)31(25-14-6-2-7-15-25)26-16-8-3-9-17-26/h2-21,31H,22-23H2,1H3. The van der Waals surface area contributed by atoms with Gasteiger partial charge in [0.25, 0.3) is 0 Å². The molecule has 1 heterocycles. The monoisotopic (exact) mass is 477 g/mol. The van der Waals surface area contributed by atoms with Gasteiger partial charge in [0.2, 0.25) is 5.91 Å². The Bertz CT molecular complexity index is 1300. The normalized spacial score (nSPS) is 14.5. The van der Waals surface area contributed by atoms with Crippen LogP contribution in [0.2, 0.25) is 0 Å². The molecule has 174 valence electrons. The molecule has 0 bridgehead atoms. The van der Waals surface area contributed by atoms with Crippen LogP contribution in [0.15, 0.2) is 132 Å². The Morgan fingerprint density at radius 2 is 1.03 bits per heavy atom. The third-order valence-corrected chi connectivity index (χ3v) is 10.1. The van der Waals surface area contributed by atoms with Crippen LogP contribution >= 0.6 is 7.14 Å². The van der Waals surface area contributed by atoms with Crippen molar-refractivity contribution in [3.05, 3.63) is 143 Å². The van der Waals surface area contributed by atoms with Crippen LogP contribution in [0.1, 0.15) is 36.9 Å². The van der Waals surface area contributed by atoms with Crippen LogP contribution in [0.25, 0.3) is 0 Å². The maximum Gasteiger partial charge on any atom is 0.227 e. The average Bonchev–Trinajstić information content (AvgIpc) is 2.92. The van der Waals surface area contributed by atoms with E-state index >= 15 is 4.57 Å². The van der Waals surface area contributed by atoms with Crippen molar-refractivity contribution in [3.63, 3.8) is 0 Å². The smallest absolute Gasteiger partial charge is 0.227 e. The maximum atomic E-state index is 15.1. The second-order valence-corrected chi connectivity index (χ2v) is 11.6. The van der Waals surface area contributed by atoms with Crippen molar-refractivity contribution in [2.75, 3.05) is 0 Å². The van der Waals surface area contributed by atoms with Crippen molar-refractivity contribution >= 4 is 23.7 Å². The predicted molar refractivity (Wildman–Crippen MR) is 143 cm³/mol. The summed E-state index contributed by atoms with van der Waals surface area (Å²) in [6, 6.07) is 39.3. The number of amides is 1. The molecule has 3 nitrogen and oxygen atoms in total. The van der Waals surface area contributed by atoms with Crippen molar-refractivity contribution in [3.8, 4) is 0 Å². The van der Waals surface area contributed by atoms with Gasteiger partial charge in [-0.1, -0.05) is 121 Å². The van der Waals surface area contributed by atoms with Crippen molar-refractivity contribution in [2.24, 2.45) is 0 Å². The number of rotatable bonds is 6. The van der Waals surface area contributed by atoms with Gasteiger partial charge in [0, 0.05) is 28.0 Å². The van der Waals surface area contributed by atoms with E-state index in [1.165, 1.54) is 0 Å². The molecule has 5 rings (SSSR count). The summed E-state index contributed by atoms with van der Waals surface area (Å²) in [5.74, 6) is 0.0524. The Balaban J connectivity index is 1.74. The Hall–Kier alpha value is -3.68. The Labute approximate surface area is 207 Å². The first-order valence-corrected chi connectivity index (χ1v) is 13.6. The lowest BCUT2D eigenvalue weighted by molar-refractivity contribution is -0.131. The fourth-order valence-corrected chi connectivity index (χ4v) is 8.17. The fraction of sp³-hybridized carbons (Fsp3) is 0.129. The number of hydrogen-bond donors (Lipinski definition) is 0. The number of allylic oxidation sites excluding steroid dienone is 2. The molecule has 4 aromatic carbocycles. The van der Waals surface area contributed by atoms with E-state index in [0.717, 1.165) is 32.7 Å². The second kappa shape index (κ2) is 9.90. The molecule has 0 saturated carbocycles. The first-order chi connectivity index (χ1) is 17.1. The van der Waals surface area contributed by atoms with Crippen molar-refractivity contribution in [1.29, 1.82) is 0 Å². The Morgan fingerprint density at radius 1 is 0.629 bits per heavy atom. The minimum absolute atomic E-state index is 0.0524. The number of benzene rings is 4. The van der Waals surface area contributed by atoms with Crippen LogP contribution in [0.5, 0.6) is 0 Å². The number of carbonyl (C=O) groups is 1. The molecule has 1 aliphatic rings. The van der Waals surface area contributed by atoms with Gasteiger partial charge in [-0.05, 0) is 24.5 Å². The molecule has 0 N–H and O–H groups in total. The molecule has 0 spiro atoms. The maximum absolute atomic E-state index is 15.1. The summed E-state index contributed by atoms with van der Waals surface area (Å²) in [5, 5.41) is 2.45. The fourth-order valence-electron chi connectivity index (χ4n) is 5.07. The lowest BCUT2D eigenvalue weighted by Gasteiger charge is -2.39. The van der Waals surface area contributed by atoms with Crippen molar-refractivity contribution < 1.29 is 9.36 Å². The summed E-state index contributed by atoms with van der Waals surface area (Å²) >= 11 is 0. The largest absolute Gasteiger partial charge is 0.309 e. The zero-order valence-corrected chi connectivity index (χ0v) is 20.6. The lowest BCUT2D eigenvalue weighted by atomic mass is 9.94. The molecule has 1 aliphatic heterocycles. The van der Waals surface area contributed by atoms with Gasteiger partial charge < -0.3 is 9.46 Å². The van der Waals surface area contributed by atoms with Gasteiger partial charge in [0.05, 0.1) is 6.04 Å². The quantitative estimate of drug-likeness (QED) is 0.292. The van der Waals surface area contributed by atoms with E-state index in [1.54, 1.807) is 0 Å². The molecule has 0 atom stereocenters. The molecule has 4 aromatic rings. The van der Waals surface area contributed by atoms with Crippen LogP contribution in [-0.2, 0) is 9.36 Å². The topological polar surface area (TPSA) is 37.4 Å². The third-order valence-electron chi connectivity index (χ3n) is 6.73. The first-order valence-electron chi connectivity index (χ1n) is 11.9. The molecule has 0 aromatic heterocycles. The molecule has 35 heavy (non-hydrogen) atoms. The zero-order valence-electron chi connectivity index (χ0n) is 19.7. The van der Waals surface area contributed by atoms with E-state index in [2.05, 4.69) is 24.3 Å². The van der Waals surface area contributed by atoms with E-state index in [1.807, 2.05) is 109 Å². The summed E-state index contributed by atoms with van der Waals surface area (Å²) in [7, 11) is -3.16. The number of carbonyl (C=O) groups excluding carboxylic acids is 1. The first kappa shape index (κ1) is 23.1. The van der Waals surface area contributed by atoms with Crippen LogP contribution in [0, 0.1) is 0 Å². The lowest BCUT2D eigenvalue weighted by Crippen LogP contribution is -2.38. The van der Waals surface area contributed by atoms with Gasteiger partial charge in [-0.15, -0.1) is 0 Å². The van der Waals surface area contributed by atoms with E-state index in [4.69, 9.17) is 0 Å². The third kappa shape index (κ3) is 4.29. The molecular formula is C31H28NO2P. The molecule has 0 saturated heterocycles. The highest BCUT2D eigenvalue weighted by Crippen LogP contribution is 2.57. The molecule has 0 unspecified atom stereocenters. The summed E-state index contributed by atoms with van der Waals surface area (Å²) in [5.41, 5.74) is 2.85. The van der Waals surface area contributed by atoms with E-state index in [-0.39, 0.29) is 11.9 Å². The Morgan fingerprint density at radius 3 is 1.46 bits per heavy atom.